The molecule has 0 spiro atoms. The summed E-state index contributed by atoms with van der Waals surface area (Å²) in [6.07, 6.45) is 5.10. The molecular formula is C62H48ClN11O9S5. The molecule has 2 aliphatic heterocycles. The lowest BCUT2D eigenvalue weighted by atomic mass is 10.1. The van der Waals surface area contributed by atoms with Gasteiger partial charge in [-0.05, 0) is 84.9 Å². The van der Waals surface area contributed by atoms with Crippen molar-refractivity contribution in [2.45, 2.75) is 46.6 Å². The summed E-state index contributed by atoms with van der Waals surface area (Å²) in [4.78, 5) is 80.8. The Morgan fingerprint density at radius 3 is 1.34 bits per heavy atom. The maximum Gasteiger partial charge on any atom is 0.257 e. The van der Waals surface area contributed by atoms with E-state index in [2.05, 4.69) is 47.1 Å². The fourth-order valence-electron chi connectivity index (χ4n) is 8.66. The lowest BCUT2D eigenvalue weighted by Crippen LogP contribution is -2.22. The van der Waals surface area contributed by atoms with Gasteiger partial charge in [-0.1, -0.05) is 80.2 Å². The largest absolute Gasteiger partial charge is 0.366 e. The Morgan fingerprint density at radius 2 is 0.943 bits per heavy atom. The number of benzene rings is 7. The Morgan fingerprint density at radius 1 is 0.557 bits per heavy atom. The zero-order valence-electron chi connectivity index (χ0n) is 44.9. The van der Waals surface area contributed by atoms with Crippen molar-refractivity contribution in [1.82, 2.24) is 25.6 Å². The average Bonchev–Trinajstić information content (AvgIpc) is 1.64. The van der Waals surface area contributed by atoms with Gasteiger partial charge in [-0.25, -0.2) is 36.6 Å². The highest BCUT2D eigenvalue weighted by atomic mass is 35.5. The minimum absolute atomic E-state index is 0. The van der Waals surface area contributed by atoms with Crippen LogP contribution in [0.2, 0.25) is 0 Å². The minimum Gasteiger partial charge on any atom is -0.366 e. The second-order valence-electron chi connectivity index (χ2n) is 18.6. The fraction of sp³-hybridized carbons (Fsp3) is 0.0645. The van der Waals surface area contributed by atoms with E-state index < -0.39 is 49.2 Å². The summed E-state index contributed by atoms with van der Waals surface area (Å²) >= 11 is 4.37. The van der Waals surface area contributed by atoms with Crippen molar-refractivity contribution in [2.24, 2.45) is 11.5 Å². The third kappa shape index (κ3) is 13.9. The number of sulfone groups is 2. The Hall–Kier alpha value is -10.1. The van der Waals surface area contributed by atoms with Crippen LogP contribution in [0.4, 0.5) is 17.1 Å². The number of primary amides is 1. The van der Waals surface area contributed by atoms with E-state index in [1.807, 2.05) is 24.3 Å². The van der Waals surface area contributed by atoms with Crippen LogP contribution in [0.15, 0.2) is 196 Å². The zero-order valence-corrected chi connectivity index (χ0v) is 49.8. The number of aromatic nitrogens is 3. The lowest BCUT2D eigenvalue weighted by molar-refractivity contribution is 0.0943. The van der Waals surface area contributed by atoms with Crippen LogP contribution in [0.1, 0.15) is 79.4 Å². The van der Waals surface area contributed by atoms with Crippen molar-refractivity contribution in [3.05, 3.63) is 236 Å². The number of carbonyl (C=O) groups excluding carboxylic acids is 5. The van der Waals surface area contributed by atoms with Gasteiger partial charge in [0.05, 0.1) is 73.4 Å². The van der Waals surface area contributed by atoms with Crippen LogP contribution in [0, 0.1) is 17.9 Å². The standard InChI is InChI=1S/C25H18N4O5S2.C25H16N4O4S2.C11H9N3S.CH4.ClH/c26-22(30)14-5-7-15(8-6-14)25-28-13-17(35-25)12-27-23(31)16-9-10-21-19(11-16)29-24(32)18-3-1-2-4-20(18)36(21,33)34;26-12-15-5-7-16(8-6-15)25-28-14-18(34-25)13-27-23(30)17-9-10-22-20(11-17)29-24(31)19-3-1-2-4-21(19)35(22,32)33;1-13-9-4-2-8(3-5-9)11-14-7-10(6-12)15-11;;/h1-11,13H,12H2,(H2,26,30)(H,27,31)(H,29,32);1-11,14H,13H2,(H,27,30)(H,29,31);2-5,7H,6,12H2;1H4;1H. The number of anilines is 2. The van der Waals surface area contributed by atoms with Crippen LogP contribution in [0.25, 0.3) is 36.6 Å². The van der Waals surface area contributed by atoms with Crippen LogP contribution in [0.5, 0.6) is 0 Å². The molecule has 0 aliphatic carbocycles. The second kappa shape index (κ2) is 27.5. The highest BCUT2D eigenvalue weighted by Crippen LogP contribution is 2.37. The molecule has 88 heavy (non-hydrogen) atoms. The Labute approximate surface area is 523 Å². The lowest BCUT2D eigenvalue weighted by Gasteiger charge is -2.10. The third-order valence-electron chi connectivity index (χ3n) is 13.0. The summed E-state index contributed by atoms with van der Waals surface area (Å²) in [5, 5.41) is 22.1. The van der Waals surface area contributed by atoms with E-state index in [1.165, 1.54) is 83.3 Å². The van der Waals surface area contributed by atoms with Crippen LogP contribution in [0.3, 0.4) is 0 Å². The quantitative estimate of drug-likeness (QED) is 0.0656. The molecule has 5 heterocycles. The average molecular weight is 1290 g/mol. The number of fused-ring (bicyclic) bond motifs is 4. The molecule has 0 saturated carbocycles. The summed E-state index contributed by atoms with van der Waals surface area (Å²) in [5.41, 5.74) is 15.7. The van der Waals surface area contributed by atoms with Crippen molar-refractivity contribution >= 4 is 113 Å². The highest BCUT2D eigenvalue weighted by Gasteiger charge is 2.33. The Kier molecular flexibility index (Phi) is 20.0. The number of halogens is 1. The number of rotatable bonds is 11. The summed E-state index contributed by atoms with van der Waals surface area (Å²) in [6, 6.07) is 43.4. The molecule has 26 heteroatoms. The summed E-state index contributed by atoms with van der Waals surface area (Å²) < 4.78 is 52.4. The molecule has 0 unspecified atom stereocenters. The van der Waals surface area contributed by atoms with Crippen molar-refractivity contribution in [3.8, 4) is 37.8 Å². The van der Waals surface area contributed by atoms with Gasteiger partial charge < -0.3 is 32.7 Å². The van der Waals surface area contributed by atoms with Gasteiger partial charge in [0.1, 0.15) is 15.0 Å². The Balaban J connectivity index is 0.000000182. The first-order valence-electron chi connectivity index (χ1n) is 25.5. The smallest absolute Gasteiger partial charge is 0.257 e. The molecule has 0 atom stereocenters. The molecule has 0 fully saturated rings. The van der Waals surface area contributed by atoms with Crippen molar-refractivity contribution in [2.75, 3.05) is 10.6 Å². The molecule has 10 aromatic rings. The van der Waals surface area contributed by atoms with Crippen molar-refractivity contribution in [1.29, 1.82) is 5.26 Å². The van der Waals surface area contributed by atoms with E-state index in [0.29, 0.717) is 28.4 Å². The van der Waals surface area contributed by atoms with E-state index in [0.717, 1.165) is 41.3 Å². The van der Waals surface area contributed by atoms with Crippen LogP contribution in [-0.2, 0) is 39.3 Å². The van der Waals surface area contributed by atoms with Gasteiger partial charge in [0, 0.05) is 73.1 Å². The van der Waals surface area contributed by atoms with Gasteiger partial charge in [-0.3, -0.25) is 24.0 Å². The van der Waals surface area contributed by atoms with Gasteiger partial charge in [0.15, 0.2) is 5.69 Å². The topological polar surface area (TPSA) is 321 Å². The molecule has 0 saturated heterocycles. The summed E-state index contributed by atoms with van der Waals surface area (Å²) in [5.74, 6) is -2.49. The van der Waals surface area contributed by atoms with E-state index in [4.69, 9.17) is 23.3 Å². The molecule has 0 radical (unpaired) electrons. The Bertz CT molecular complexity index is 4650. The number of hydrogen-bond donors (Lipinski definition) is 6. The first-order valence-corrected chi connectivity index (χ1v) is 30.9. The highest BCUT2D eigenvalue weighted by molar-refractivity contribution is 7.92. The minimum atomic E-state index is -3.95. The zero-order chi connectivity index (χ0) is 60.7. The SMILES string of the molecule is C.Cl.N#Cc1ccc(-c2ncc(CNC(=O)c3ccc4c(c3)NC(=O)c3ccccc3S4(=O)=O)s2)cc1.NC(=O)c1ccc(-c2ncc(CNC(=O)c3ccc4c(c3)NC(=O)c3ccccc3S4(=O)=O)s2)cc1.[C-]#[N+]c1ccc(-c2ncc(CN)s2)cc1. The molecule has 8 N–H and O–H groups in total. The first kappa shape index (κ1) is 63.9. The predicted molar refractivity (Wildman–Crippen MR) is 339 cm³/mol. The summed E-state index contributed by atoms with van der Waals surface area (Å²) in [6.45, 7) is 7.79. The third-order valence-corrected chi connectivity index (χ3v) is 19.9. The maximum absolute atomic E-state index is 13.1. The fourth-order valence-corrected chi connectivity index (χ4v) is 14.4. The van der Waals surface area contributed by atoms with E-state index in [9.17, 15) is 40.8 Å². The van der Waals surface area contributed by atoms with Crippen LogP contribution < -0.4 is 32.7 Å². The molecule has 5 amide bonds. The molecule has 2 aliphatic rings. The van der Waals surface area contributed by atoms with Crippen LogP contribution >= 0.6 is 46.4 Å². The number of thiazole rings is 3. The number of nitrogens with two attached hydrogens (primary N) is 2. The molecule has 442 valence electrons. The molecule has 0 bridgehead atoms. The summed E-state index contributed by atoms with van der Waals surface area (Å²) in [7, 11) is -7.88. The number of hydrogen-bond acceptors (Lipinski definition) is 17. The number of carbonyl (C=O) groups is 5. The van der Waals surface area contributed by atoms with E-state index in [1.54, 1.807) is 103 Å². The van der Waals surface area contributed by atoms with Gasteiger partial charge in [0.25, 0.3) is 23.6 Å². The molecule has 12 rings (SSSR count). The van der Waals surface area contributed by atoms with Gasteiger partial charge in [0.2, 0.25) is 25.6 Å². The van der Waals surface area contributed by atoms with E-state index in [-0.39, 0.29) is 86.1 Å². The normalized spacial score (nSPS) is 12.6. The van der Waals surface area contributed by atoms with Crippen molar-refractivity contribution in [3.63, 3.8) is 0 Å². The molecule has 3 aromatic heterocycles. The van der Waals surface area contributed by atoms with Gasteiger partial charge in [-0.15, -0.1) is 46.4 Å². The number of nitrogens with zero attached hydrogens (tertiary/aromatic N) is 5. The predicted octanol–water partition coefficient (Wildman–Crippen LogP) is 11.1. The first-order chi connectivity index (χ1) is 41.4. The monoisotopic (exact) mass is 1290 g/mol. The van der Waals surface area contributed by atoms with Gasteiger partial charge in [-0.2, -0.15) is 5.26 Å². The van der Waals surface area contributed by atoms with E-state index >= 15 is 0 Å². The number of amides is 5. The van der Waals surface area contributed by atoms with Crippen molar-refractivity contribution < 1.29 is 40.8 Å². The molecular weight excluding hydrogens is 1240 g/mol. The second-order valence-corrected chi connectivity index (χ2v) is 25.7. The van der Waals surface area contributed by atoms with Crippen LogP contribution in [-0.4, -0.2) is 61.3 Å². The number of nitrogens with one attached hydrogen (secondary N) is 4. The molecule has 20 nitrogen and oxygen atoms in total. The van der Waals surface area contributed by atoms with Gasteiger partial charge >= 0.3 is 0 Å². The number of nitriles is 1. The maximum atomic E-state index is 13.1. The molecule has 7 aromatic carbocycles.